The lowest BCUT2D eigenvalue weighted by molar-refractivity contribution is -0.126. The van der Waals surface area contributed by atoms with Crippen LogP contribution in [0.15, 0.2) is 76.3 Å². The molecular formula is C27H25BrClN3O4. The summed E-state index contributed by atoms with van der Waals surface area (Å²) in [6, 6.07) is 20.3. The van der Waals surface area contributed by atoms with E-state index in [1.165, 1.54) is 6.21 Å². The molecule has 0 bridgehead atoms. The van der Waals surface area contributed by atoms with Crippen LogP contribution in [0.2, 0.25) is 5.02 Å². The molecule has 1 N–H and O–H groups in total. The largest absolute Gasteiger partial charge is 0.490 e. The zero-order chi connectivity index (χ0) is 25.5. The van der Waals surface area contributed by atoms with E-state index < -0.39 is 5.92 Å². The van der Waals surface area contributed by atoms with Gasteiger partial charge in [-0.1, -0.05) is 45.7 Å². The van der Waals surface area contributed by atoms with Crippen molar-refractivity contribution in [3.05, 3.63) is 87.4 Å². The molecule has 1 atom stereocenters. The maximum absolute atomic E-state index is 12.6. The van der Waals surface area contributed by atoms with Crippen molar-refractivity contribution in [3.8, 4) is 11.5 Å². The lowest BCUT2D eigenvalue weighted by Crippen LogP contribution is -2.30. The summed E-state index contributed by atoms with van der Waals surface area (Å²) in [4.78, 5) is 26.7. The Morgan fingerprint density at radius 2 is 1.92 bits per heavy atom. The fraction of sp³-hybridized carbons (Fsp3) is 0.222. The molecule has 3 aromatic carbocycles. The Kier molecular flexibility index (Phi) is 8.61. The molecule has 0 aliphatic carbocycles. The first-order valence-electron chi connectivity index (χ1n) is 11.5. The second-order valence-electron chi connectivity index (χ2n) is 8.14. The molecule has 9 heteroatoms. The van der Waals surface area contributed by atoms with E-state index in [9.17, 15) is 9.59 Å². The molecule has 3 aromatic rings. The molecule has 186 valence electrons. The second-order valence-corrected chi connectivity index (χ2v) is 9.46. The van der Waals surface area contributed by atoms with Crippen molar-refractivity contribution in [2.75, 3.05) is 18.1 Å². The molecule has 0 aromatic heterocycles. The predicted molar refractivity (Wildman–Crippen MR) is 144 cm³/mol. The number of carbonyl (C=O) groups excluding carboxylic acids is 2. The Hall–Kier alpha value is -3.36. The van der Waals surface area contributed by atoms with Gasteiger partial charge in [0.25, 0.3) is 0 Å². The van der Waals surface area contributed by atoms with Crippen LogP contribution >= 0.6 is 27.5 Å². The molecule has 2 amide bonds. The fourth-order valence-corrected chi connectivity index (χ4v) is 4.23. The van der Waals surface area contributed by atoms with Crippen LogP contribution in [-0.2, 0) is 16.2 Å². The third-order valence-corrected chi connectivity index (χ3v) is 6.53. The molecule has 4 rings (SSSR count). The number of benzene rings is 3. The van der Waals surface area contributed by atoms with Crippen LogP contribution in [-0.4, -0.2) is 31.2 Å². The van der Waals surface area contributed by atoms with E-state index in [0.717, 1.165) is 21.3 Å². The van der Waals surface area contributed by atoms with Crippen molar-refractivity contribution in [3.63, 3.8) is 0 Å². The van der Waals surface area contributed by atoms with Gasteiger partial charge in [0.2, 0.25) is 11.8 Å². The number of rotatable bonds is 9. The number of nitrogens with zero attached hydrogens (tertiary/aromatic N) is 2. The number of carbonyl (C=O) groups is 2. The van der Waals surface area contributed by atoms with Gasteiger partial charge in [0.1, 0.15) is 6.61 Å². The topological polar surface area (TPSA) is 80.2 Å². The summed E-state index contributed by atoms with van der Waals surface area (Å²) < 4.78 is 12.6. The van der Waals surface area contributed by atoms with Crippen molar-refractivity contribution in [2.24, 2.45) is 11.0 Å². The van der Waals surface area contributed by atoms with E-state index in [4.69, 9.17) is 21.1 Å². The monoisotopic (exact) mass is 569 g/mol. The number of ether oxygens (including phenoxy) is 2. The van der Waals surface area contributed by atoms with Gasteiger partial charge in [-0.3, -0.25) is 9.59 Å². The number of hydrogen-bond donors (Lipinski definition) is 1. The SMILES string of the molecule is CCOc1cc(/C=N\NC(=O)[C@H]2CC(=O)N(c3ccc(Br)cc3)C2)ccc1OCc1ccccc1Cl. The zero-order valence-corrected chi connectivity index (χ0v) is 22.0. The number of nitrogens with one attached hydrogen (secondary N) is 1. The van der Waals surface area contributed by atoms with E-state index >= 15 is 0 Å². The van der Waals surface area contributed by atoms with Crippen LogP contribution in [0.5, 0.6) is 11.5 Å². The molecule has 0 unspecified atom stereocenters. The van der Waals surface area contributed by atoms with Gasteiger partial charge in [0.15, 0.2) is 11.5 Å². The fourth-order valence-electron chi connectivity index (χ4n) is 3.78. The molecular weight excluding hydrogens is 546 g/mol. The van der Waals surface area contributed by atoms with Crippen molar-refractivity contribution in [2.45, 2.75) is 20.0 Å². The lowest BCUT2D eigenvalue weighted by atomic mass is 10.1. The molecule has 0 spiro atoms. The van der Waals surface area contributed by atoms with Crippen LogP contribution in [0.3, 0.4) is 0 Å². The number of halogens is 2. The van der Waals surface area contributed by atoms with Crippen molar-refractivity contribution in [1.82, 2.24) is 5.43 Å². The summed E-state index contributed by atoms with van der Waals surface area (Å²) in [5.41, 5.74) is 4.92. The Bertz CT molecular complexity index is 1270. The summed E-state index contributed by atoms with van der Waals surface area (Å²) in [5.74, 6) is 0.277. The molecule has 1 aliphatic heterocycles. The second kappa shape index (κ2) is 12.1. The van der Waals surface area contributed by atoms with Gasteiger partial charge in [-0.25, -0.2) is 5.43 Å². The van der Waals surface area contributed by atoms with Crippen LogP contribution < -0.4 is 19.8 Å². The minimum Gasteiger partial charge on any atom is -0.490 e. The minimum atomic E-state index is -0.474. The van der Waals surface area contributed by atoms with E-state index in [-0.39, 0.29) is 18.2 Å². The molecule has 0 radical (unpaired) electrons. The van der Waals surface area contributed by atoms with E-state index in [1.807, 2.05) is 61.5 Å². The number of anilines is 1. The third kappa shape index (κ3) is 6.44. The zero-order valence-electron chi connectivity index (χ0n) is 19.6. The van der Waals surface area contributed by atoms with Gasteiger partial charge in [0, 0.05) is 33.7 Å². The van der Waals surface area contributed by atoms with Crippen LogP contribution in [0.25, 0.3) is 0 Å². The highest BCUT2D eigenvalue weighted by molar-refractivity contribution is 9.10. The molecule has 0 saturated carbocycles. The van der Waals surface area contributed by atoms with E-state index in [2.05, 4.69) is 26.5 Å². The minimum absolute atomic E-state index is 0.0878. The first-order valence-corrected chi connectivity index (χ1v) is 12.6. The van der Waals surface area contributed by atoms with Crippen molar-refractivity contribution < 1.29 is 19.1 Å². The molecule has 1 heterocycles. The Morgan fingerprint density at radius 1 is 1.14 bits per heavy atom. The van der Waals surface area contributed by atoms with Crippen molar-refractivity contribution in [1.29, 1.82) is 0 Å². The Morgan fingerprint density at radius 3 is 2.67 bits per heavy atom. The highest BCUT2D eigenvalue weighted by Crippen LogP contribution is 2.30. The molecule has 7 nitrogen and oxygen atoms in total. The van der Waals surface area contributed by atoms with Gasteiger partial charge in [-0.2, -0.15) is 5.10 Å². The quantitative estimate of drug-likeness (QED) is 0.269. The average molecular weight is 571 g/mol. The highest BCUT2D eigenvalue weighted by atomic mass is 79.9. The van der Waals surface area contributed by atoms with Gasteiger partial charge >= 0.3 is 0 Å². The summed E-state index contributed by atoms with van der Waals surface area (Å²) in [5, 5.41) is 4.72. The number of hydrazone groups is 1. The summed E-state index contributed by atoms with van der Waals surface area (Å²) >= 11 is 9.60. The van der Waals surface area contributed by atoms with Crippen molar-refractivity contribution >= 4 is 51.2 Å². The normalized spacial score (nSPS) is 15.4. The van der Waals surface area contributed by atoms with Gasteiger partial charge in [0.05, 0.1) is 18.7 Å². The third-order valence-electron chi connectivity index (χ3n) is 5.63. The summed E-state index contributed by atoms with van der Waals surface area (Å²) in [6.45, 7) is 2.97. The maximum atomic E-state index is 12.6. The molecule has 1 aliphatic rings. The lowest BCUT2D eigenvalue weighted by Gasteiger charge is -2.16. The summed E-state index contributed by atoms with van der Waals surface area (Å²) in [7, 11) is 0. The standard InChI is InChI=1S/C27H25BrClN3O4/c1-2-35-25-13-18(7-12-24(25)36-17-19-5-3-4-6-23(19)29)15-30-31-27(34)20-14-26(33)32(16-20)22-10-8-21(28)9-11-22/h3-13,15,20H,2,14,16-17H2,1H3,(H,31,34)/b30-15-/t20-/m0/s1. The highest BCUT2D eigenvalue weighted by Gasteiger charge is 2.35. The van der Waals surface area contributed by atoms with Gasteiger partial charge in [-0.05, 0) is 61.0 Å². The van der Waals surface area contributed by atoms with Crippen LogP contribution in [0, 0.1) is 5.92 Å². The summed E-state index contributed by atoms with van der Waals surface area (Å²) in [6.07, 6.45) is 1.67. The van der Waals surface area contributed by atoms with E-state index in [0.29, 0.717) is 36.3 Å². The van der Waals surface area contributed by atoms with Gasteiger partial charge < -0.3 is 14.4 Å². The smallest absolute Gasteiger partial charge is 0.245 e. The molecule has 1 fully saturated rings. The molecule has 36 heavy (non-hydrogen) atoms. The van der Waals surface area contributed by atoms with Crippen LogP contribution in [0.1, 0.15) is 24.5 Å². The maximum Gasteiger partial charge on any atom is 0.245 e. The van der Waals surface area contributed by atoms with Gasteiger partial charge in [-0.15, -0.1) is 0 Å². The van der Waals surface area contributed by atoms with E-state index in [1.54, 1.807) is 17.0 Å². The first kappa shape index (κ1) is 25.7. The number of hydrogen-bond acceptors (Lipinski definition) is 5. The Labute approximate surface area is 223 Å². The average Bonchev–Trinajstić information content (AvgIpc) is 3.26. The Balaban J connectivity index is 1.36. The van der Waals surface area contributed by atoms with Crippen LogP contribution in [0.4, 0.5) is 5.69 Å². The predicted octanol–water partition coefficient (Wildman–Crippen LogP) is 5.58. The molecule has 1 saturated heterocycles. The first-order chi connectivity index (χ1) is 17.4. The number of amides is 2.